The number of imidazole rings is 1. The lowest BCUT2D eigenvalue weighted by molar-refractivity contribution is -0.399. The number of aromatic nitrogens is 2. The number of rotatable bonds is 3. The van der Waals surface area contributed by atoms with Crippen molar-refractivity contribution in [2.75, 3.05) is 0 Å². The normalized spacial score (nSPS) is 15.3. The van der Waals surface area contributed by atoms with Gasteiger partial charge < -0.3 is 0 Å². The molecule has 0 aliphatic rings. The number of hydrogen-bond donors (Lipinski definition) is 0. The zero-order chi connectivity index (χ0) is 11.7. The van der Waals surface area contributed by atoms with E-state index in [-0.39, 0.29) is 4.57 Å². The lowest BCUT2D eigenvalue weighted by Gasteiger charge is -2.22. The lowest BCUT2D eigenvalue weighted by Crippen LogP contribution is -2.38. The van der Waals surface area contributed by atoms with Gasteiger partial charge in [-0.05, 0) is 0 Å². The highest BCUT2D eigenvalue weighted by molar-refractivity contribution is 4.81. The smallest absolute Gasteiger partial charge is 0.273 e. The predicted molar refractivity (Wildman–Crippen MR) is 34.5 cm³/mol. The topological polar surface area (TPSA) is 27.1 Å². The summed E-state index contributed by atoms with van der Waals surface area (Å²) in [6.07, 6.45) is -7.33. The maximum absolute atomic E-state index is 12.8. The quantitative estimate of drug-likeness (QED) is 0.750. The second-order valence-electron chi connectivity index (χ2n) is 2.44. The van der Waals surface area contributed by atoms with Crippen LogP contribution in [-0.2, 0) is 10.8 Å². The Balaban J connectivity index is 2.78. The van der Waals surface area contributed by atoms with E-state index in [1.165, 1.54) is 0 Å². The van der Waals surface area contributed by atoms with Crippen LogP contribution < -0.4 is 0 Å². The Morgan fingerprint density at radius 1 is 1.20 bits per heavy atom. The Bertz CT molecular complexity index is 308. The zero-order valence-corrected chi connectivity index (χ0v) is 6.88. The molecule has 0 saturated heterocycles. The Morgan fingerprint density at radius 2 is 1.80 bits per heavy atom. The number of alkyl halides is 6. The second-order valence-corrected chi connectivity index (χ2v) is 2.44. The van der Waals surface area contributed by atoms with Crippen LogP contribution in [0.5, 0.6) is 0 Å². The van der Waals surface area contributed by atoms with E-state index in [0.29, 0.717) is 12.5 Å². The molecule has 9 heteroatoms. The summed E-state index contributed by atoms with van der Waals surface area (Å²) in [6, 6.07) is -4.47. The van der Waals surface area contributed by atoms with Crippen molar-refractivity contribution >= 4 is 0 Å². The molecule has 1 aromatic heterocycles. The Hall–Kier alpha value is -1.25. The monoisotopic (exact) mass is 234 g/mol. The average molecular weight is 234 g/mol. The van der Waals surface area contributed by atoms with Gasteiger partial charge in [0.2, 0.25) is 0 Å². The summed E-state index contributed by atoms with van der Waals surface area (Å²) in [6.45, 7) is 0. The SMILES string of the molecule is FC(OC(F)(F)F)C(F)(F)n1ccnc1. The van der Waals surface area contributed by atoms with Crippen LogP contribution in [0.1, 0.15) is 0 Å². The van der Waals surface area contributed by atoms with Gasteiger partial charge in [0.15, 0.2) is 0 Å². The highest BCUT2D eigenvalue weighted by Gasteiger charge is 2.49. The first kappa shape index (κ1) is 11.8. The van der Waals surface area contributed by atoms with Crippen molar-refractivity contribution in [3.8, 4) is 0 Å². The molecule has 0 saturated carbocycles. The van der Waals surface area contributed by atoms with Crippen LogP contribution in [0.4, 0.5) is 26.3 Å². The van der Waals surface area contributed by atoms with Crippen LogP contribution in [-0.4, -0.2) is 22.3 Å². The first-order valence-electron chi connectivity index (χ1n) is 3.48. The molecule has 1 unspecified atom stereocenters. The van der Waals surface area contributed by atoms with Crippen LogP contribution >= 0.6 is 0 Å². The van der Waals surface area contributed by atoms with Crippen LogP contribution in [0.2, 0.25) is 0 Å². The fraction of sp³-hybridized carbons (Fsp3) is 0.500. The lowest BCUT2D eigenvalue weighted by atomic mass is 10.5. The fourth-order valence-corrected chi connectivity index (χ4v) is 0.741. The number of halogens is 6. The molecule has 0 bridgehead atoms. The largest absolute Gasteiger partial charge is 0.525 e. The Labute approximate surface area is 79.3 Å². The van der Waals surface area contributed by atoms with Gasteiger partial charge >= 0.3 is 12.4 Å². The summed E-state index contributed by atoms with van der Waals surface area (Å²) in [5.74, 6) is 0. The minimum atomic E-state index is -5.47. The molecule has 0 amide bonds. The van der Waals surface area contributed by atoms with Gasteiger partial charge in [-0.15, -0.1) is 13.2 Å². The number of nitrogens with zero attached hydrogens (tertiary/aromatic N) is 2. The van der Waals surface area contributed by atoms with Crippen molar-refractivity contribution < 1.29 is 31.1 Å². The van der Waals surface area contributed by atoms with Crippen molar-refractivity contribution in [3.63, 3.8) is 0 Å². The first-order chi connectivity index (χ1) is 6.73. The summed E-state index contributed by atoms with van der Waals surface area (Å²) in [5.41, 5.74) is 0. The van der Waals surface area contributed by atoms with Gasteiger partial charge in [0.1, 0.15) is 0 Å². The zero-order valence-electron chi connectivity index (χ0n) is 6.88. The van der Waals surface area contributed by atoms with Crippen molar-refractivity contribution in [1.82, 2.24) is 9.55 Å². The molecule has 1 atom stereocenters. The molecule has 0 fully saturated rings. The van der Waals surface area contributed by atoms with Gasteiger partial charge in [-0.1, -0.05) is 0 Å². The highest BCUT2D eigenvalue weighted by Crippen LogP contribution is 2.32. The third kappa shape index (κ3) is 2.85. The Morgan fingerprint density at radius 3 is 2.20 bits per heavy atom. The third-order valence-corrected chi connectivity index (χ3v) is 1.36. The summed E-state index contributed by atoms with van der Waals surface area (Å²) < 4.78 is 75.0. The van der Waals surface area contributed by atoms with Gasteiger partial charge in [-0.2, -0.15) is 8.78 Å². The molecule has 0 radical (unpaired) electrons. The second kappa shape index (κ2) is 3.72. The van der Waals surface area contributed by atoms with E-state index < -0.39 is 18.8 Å². The van der Waals surface area contributed by atoms with E-state index in [1.54, 1.807) is 0 Å². The van der Waals surface area contributed by atoms with Gasteiger partial charge in [0.05, 0.1) is 6.33 Å². The number of hydrogen-bond acceptors (Lipinski definition) is 2. The molecule has 15 heavy (non-hydrogen) atoms. The molecule has 86 valence electrons. The first-order valence-corrected chi connectivity index (χ1v) is 3.48. The highest BCUT2D eigenvalue weighted by atomic mass is 19.4. The molecule has 1 rings (SSSR count). The molecular formula is C6H4F6N2O. The van der Waals surface area contributed by atoms with Crippen molar-refractivity contribution in [2.45, 2.75) is 18.8 Å². The Kier molecular flexibility index (Phi) is 2.93. The van der Waals surface area contributed by atoms with E-state index in [4.69, 9.17) is 0 Å². The van der Waals surface area contributed by atoms with Gasteiger partial charge in [0.25, 0.3) is 6.36 Å². The fourth-order valence-electron chi connectivity index (χ4n) is 0.741. The third-order valence-electron chi connectivity index (χ3n) is 1.36. The standard InChI is InChI=1S/C6H4F6N2O/c7-4(15-6(10,11)12)5(8,9)14-2-1-13-3-14/h1-4H. The van der Waals surface area contributed by atoms with Crippen molar-refractivity contribution in [1.29, 1.82) is 0 Å². The maximum atomic E-state index is 12.8. The van der Waals surface area contributed by atoms with Gasteiger partial charge in [-0.3, -0.25) is 4.57 Å². The van der Waals surface area contributed by atoms with Crippen molar-refractivity contribution in [2.24, 2.45) is 0 Å². The van der Waals surface area contributed by atoms with Crippen LogP contribution in [0.25, 0.3) is 0 Å². The van der Waals surface area contributed by atoms with E-state index in [2.05, 4.69) is 9.72 Å². The minimum absolute atomic E-state index is 0.122. The molecule has 1 aromatic rings. The predicted octanol–water partition coefficient (Wildman–Crippen LogP) is 2.26. The summed E-state index contributed by atoms with van der Waals surface area (Å²) >= 11 is 0. The molecule has 3 nitrogen and oxygen atoms in total. The molecule has 0 N–H and O–H groups in total. The summed E-state index contributed by atoms with van der Waals surface area (Å²) in [5, 5.41) is 0. The molecular weight excluding hydrogens is 230 g/mol. The van der Waals surface area contributed by atoms with E-state index in [9.17, 15) is 26.3 Å². The summed E-state index contributed by atoms with van der Waals surface area (Å²) in [7, 11) is 0. The minimum Gasteiger partial charge on any atom is -0.273 e. The molecule has 0 aliphatic carbocycles. The molecule has 1 heterocycles. The maximum Gasteiger partial charge on any atom is 0.525 e. The molecule has 0 aromatic carbocycles. The van der Waals surface area contributed by atoms with E-state index in [0.717, 1.165) is 6.20 Å². The van der Waals surface area contributed by atoms with Gasteiger partial charge in [0, 0.05) is 12.4 Å². The van der Waals surface area contributed by atoms with E-state index in [1.807, 2.05) is 0 Å². The van der Waals surface area contributed by atoms with Gasteiger partial charge in [-0.25, -0.2) is 14.1 Å². The van der Waals surface area contributed by atoms with Crippen LogP contribution in [0.3, 0.4) is 0 Å². The van der Waals surface area contributed by atoms with Crippen molar-refractivity contribution in [3.05, 3.63) is 18.7 Å². The summed E-state index contributed by atoms with van der Waals surface area (Å²) in [4.78, 5) is 3.15. The molecule has 0 aliphatic heterocycles. The van der Waals surface area contributed by atoms with Crippen LogP contribution in [0.15, 0.2) is 18.7 Å². The number of ether oxygens (including phenoxy) is 1. The van der Waals surface area contributed by atoms with Crippen LogP contribution in [0, 0.1) is 0 Å². The van der Waals surface area contributed by atoms with E-state index >= 15 is 0 Å². The molecule has 0 spiro atoms. The average Bonchev–Trinajstić information content (AvgIpc) is 2.52.